The van der Waals surface area contributed by atoms with Crippen molar-refractivity contribution in [2.75, 3.05) is 24.6 Å². The molecule has 1 aliphatic heterocycles. The number of ketones is 1. The number of aryl methyl sites for hydroxylation is 1. The number of H-pyrrole nitrogens is 1. The summed E-state index contributed by atoms with van der Waals surface area (Å²) in [7, 11) is 0. The van der Waals surface area contributed by atoms with E-state index >= 15 is 0 Å². The predicted octanol–water partition coefficient (Wildman–Crippen LogP) is 4.17. The second kappa shape index (κ2) is 9.00. The number of rotatable bonds is 5. The number of anilines is 1. The maximum Gasteiger partial charge on any atom is 0.277 e. The van der Waals surface area contributed by atoms with E-state index in [1.807, 2.05) is 36.7 Å². The van der Waals surface area contributed by atoms with Crippen molar-refractivity contribution in [3.8, 4) is 17.1 Å². The maximum absolute atomic E-state index is 13.2. The Hall–Kier alpha value is -3.16. The van der Waals surface area contributed by atoms with Crippen LogP contribution in [0.3, 0.4) is 0 Å². The highest BCUT2D eigenvalue weighted by atomic mass is 16.5. The molecule has 2 fully saturated rings. The number of hydrogen-bond donors (Lipinski definition) is 1. The van der Waals surface area contributed by atoms with Crippen LogP contribution in [0.15, 0.2) is 23.0 Å². The standard InChI is InChI=1S/C25H31N5O3/c1-3-33-21-15-18(29-13-11-19(31)12-14-29)9-10-20(21)24-26-22-16(2)28-30(23(22)25(32)27-24)17-7-5-4-6-8-17/h9-10,15,17H,3-8,11-14H2,1-2H3,(H,26,27,32). The van der Waals surface area contributed by atoms with Crippen LogP contribution in [-0.4, -0.2) is 45.2 Å². The van der Waals surface area contributed by atoms with Gasteiger partial charge in [-0.15, -0.1) is 0 Å². The van der Waals surface area contributed by atoms with Crippen molar-refractivity contribution in [2.45, 2.75) is 64.8 Å². The van der Waals surface area contributed by atoms with E-state index in [4.69, 9.17) is 14.8 Å². The smallest absolute Gasteiger partial charge is 0.277 e. The summed E-state index contributed by atoms with van der Waals surface area (Å²) in [5.41, 5.74) is 3.59. The van der Waals surface area contributed by atoms with Crippen LogP contribution in [0.4, 0.5) is 5.69 Å². The van der Waals surface area contributed by atoms with Gasteiger partial charge in [-0.2, -0.15) is 5.10 Å². The Balaban J connectivity index is 1.55. The van der Waals surface area contributed by atoms with Crippen LogP contribution >= 0.6 is 0 Å². The van der Waals surface area contributed by atoms with Gasteiger partial charge in [0, 0.05) is 37.7 Å². The molecule has 1 aliphatic carbocycles. The van der Waals surface area contributed by atoms with Crippen molar-refractivity contribution in [1.82, 2.24) is 19.7 Å². The van der Waals surface area contributed by atoms with E-state index in [9.17, 15) is 9.59 Å². The zero-order valence-electron chi connectivity index (χ0n) is 19.4. The van der Waals surface area contributed by atoms with Crippen LogP contribution in [0.25, 0.3) is 22.4 Å². The Bertz CT molecular complexity index is 1230. The summed E-state index contributed by atoms with van der Waals surface area (Å²) in [4.78, 5) is 34.9. The average Bonchev–Trinajstić information content (AvgIpc) is 3.17. The monoisotopic (exact) mass is 449 g/mol. The number of aromatic amines is 1. The fourth-order valence-corrected chi connectivity index (χ4v) is 5.10. The molecule has 1 saturated heterocycles. The van der Waals surface area contributed by atoms with Crippen molar-refractivity contribution in [3.63, 3.8) is 0 Å². The van der Waals surface area contributed by atoms with Crippen LogP contribution in [0.5, 0.6) is 5.75 Å². The lowest BCUT2D eigenvalue weighted by Gasteiger charge is -2.28. The molecule has 5 rings (SSSR count). The Morgan fingerprint density at radius 3 is 2.61 bits per heavy atom. The molecular formula is C25H31N5O3. The first-order valence-corrected chi connectivity index (χ1v) is 12.1. The van der Waals surface area contributed by atoms with Gasteiger partial charge < -0.3 is 14.6 Å². The summed E-state index contributed by atoms with van der Waals surface area (Å²) in [5.74, 6) is 1.47. The van der Waals surface area contributed by atoms with Gasteiger partial charge in [0.2, 0.25) is 0 Å². The fraction of sp³-hybridized carbons (Fsp3) is 0.520. The average molecular weight is 450 g/mol. The molecular weight excluding hydrogens is 418 g/mol. The number of nitrogens with zero attached hydrogens (tertiary/aromatic N) is 4. The van der Waals surface area contributed by atoms with Crippen molar-refractivity contribution in [1.29, 1.82) is 0 Å². The first-order chi connectivity index (χ1) is 16.0. The number of nitrogens with one attached hydrogen (secondary N) is 1. The highest BCUT2D eigenvalue weighted by Gasteiger charge is 2.24. The van der Waals surface area contributed by atoms with Crippen LogP contribution in [0, 0.1) is 6.92 Å². The quantitative estimate of drug-likeness (QED) is 0.628. The molecule has 3 heterocycles. The van der Waals surface area contributed by atoms with Crippen LogP contribution in [-0.2, 0) is 4.79 Å². The maximum atomic E-state index is 13.2. The Labute approximate surface area is 193 Å². The molecule has 0 spiro atoms. The molecule has 0 bridgehead atoms. The number of Topliss-reactive ketones (excluding diaryl/α,β-unsaturated/α-hetero) is 1. The highest BCUT2D eigenvalue weighted by Crippen LogP contribution is 2.34. The molecule has 8 nitrogen and oxygen atoms in total. The van der Waals surface area contributed by atoms with Gasteiger partial charge in [-0.3, -0.25) is 14.3 Å². The van der Waals surface area contributed by atoms with Gasteiger partial charge >= 0.3 is 0 Å². The lowest BCUT2D eigenvalue weighted by atomic mass is 9.95. The summed E-state index contributed by atoms with van der Waals surface area (Å²) in [6.07, 6.45) is 6.83. The summed E-state index contributed by atoms with van der Waals surface area (Å²) >= 11 is 0. The van der Waals surface area contributed by atoms with Crippen molar-refractivity contribution < 1.29 is 9.53 Å². The SMILES string of the molecule is CCOc1cc(N2CCC(=O)CC2)ccc1-c1nc2c(C)nn(C3CCCCC3)c2c(=O)[nH]1. The van der Waals surface area contributed by atoms with Gasteiger partial charge in [0.1, 0.15) is 22.9 Å². The lowest BCUT2D eigenvalue weighted by Crippen LogP contribution is -2.33. The number of hydrogen-bond acceptors (Lipinski definition) is 6. The first-order valence-electron chi connectivity index (χ1n) is 12.1. The minimum Gasteiger partial charge on any atom is -0.493 e. The Morgan fingerprint density at radius 1 is 1.12 bits per heavy atom. The van der Waals surface area contributed by atoms with Gasteiger partial charge in [0.15, 0.2) is 5.52 Å². The molecule has 1 N–H and O–H groups in total. The number of fused-ring (bicyclic) bond motifs is 1. The van der Waals surface area contributed by atoms with E-state index in [0.29, 0.717) is 60.9 Å². The minimum atomic E-state index is -0.165. The zero-order chi connectivity index (χ0) is 22.9. The summed E-state index contributed by atoms with van der Waals surface area (Å²) < 4.78 is 7.86. The molecule has 3 aromatic rings. The predicted molar refractivity (Wildman–Crippen MR) is 128 cm³/mol. The Kier molecular flexibility index (Phi) is 5.91. The molecule has 1 aromatic carbocycles. The van der Waals surface area contributed by atoms with E-state index in [2.05, 4.69) is 9.88 Å². The summed E-state index contributed by atoms with van der Waals surface area (Å²) in [6, 6.07) is 6.20. The molecule has 1 saturated carbocycles. The van der Waals surface area contributed by atoms with Crippen molar-refractivity contribution >= 4 is 22.5 Å². The molecule has 0 atom stereocenters. The van der Waals surface area contributed by atoms with Crippen LogP contribution < -0.4 is 15.2 Å². The third kappa shape index (κ3) is 4.14. The second-order valence-corrected chi connectivity index (χ2v) is 9.07. The third-order valence-electron chi connectivity index (χ3n) is 6.85. The van der Waals surface area contributed by atoms with E-state index in [1.165, 1.54) is 19.3 Å². The minimum absolute atomic E-state index is 0.165. The number of carbonyl (C=O) groups excluding carboxylic acids is 1. The molecule has 0 unspecified atom stereocenters. The van der Waals surface area contributed by atoms with Gasteiger partial charge in [-0.25, -0.2) is 4.98 Å². The molecule has 33 heavy (non-hydrogen) atoms. The van der Waals surface area contributed by atoms with E-state index < -0.39 is 0 Å². The van der Waals surface area contributed by atoms with Gasteiger partial charge in [-0.1, -0.05) is 19.3 Å². The first kappa shape index (κ1) is 21.7. The van der Waals surface area contributed by atoms with Crippen LogP contribution in [0.1, 0.15) is 63.6 Å². The highest BCUT2D eigenvalue weighted by molar-refractivity contribution is 5.82. The third-order valence-corrected chi connectivity index (χ3v) is 6.85. The number of carbonyl (C=O) groups is 1. The topological polar surface area (TPSA) is 93.1 Å². The molecule has 2 aliphatic rings. The van der Waals surface area contributed by atoms with E-state index in [1.54, 1.807) is 0 Å². The van der Waals surface area contributed by atoms with E-state index in [0.717, 1.165) is 29.8 Å². The lowest BCUT2D eigenvalue weighted by molar-refractivity contribution is -0.119. The van der Waals surface area contributed by atoms with Gasteiger partial charge in [0.05, 0.1) is 23.9 Å². The number of benzene rings is 1. The van der Waals surface area contributed by atoms with Crippen molar-refractivity contribution in [3.05, 3.63) is 34.2 Å². The van der Waals surface area contributed by atoms with Crippen molar-refractivity contribution in [2.24, 2.45) is 0 Å². The molecule has 0 radical (unpaired) electrons. The van der Waals surface area contributed by atoms with Gasteiger partial charge in [0.25, 0.3) is 5.56 Å². The molecule has 0 amide bonds. The van der Waals surface area contributed by atoms with E-state index in [-0.39, 0.29) is 11.6 Å². The van der Waals surface area contributed by atoms with Crippen LogP contribution in [0.2, 0.25) is 0 Å². The molecule has 8 heteroatoms. The molecule has 174 valence electrons. The largest absolute Gasteiger partial charge is 0.493 e. The summed E-state index contributed by atoms with van der Waals surface area (Å²) in [5, 5.41) is 4.72. The summed E-state index contributed by atoms with van der Waals surface area (Å²) in [6.45, 7) is 5.78. The Morgan fingerprint density at radius 2 is 1.88 bits per heavy atom. The normalized spacial score (nSPS) is 17.6. The fourth-order valence-electron chi connectivity index (χ4n) is 5.10. The number of aromatic nitrogens is 4. The second-order valence-electron chi connectivity index (χ2n) is 9.07. The number of ether oxygens (including phenoxy) is 1. The zero-order valence-corrected chi connectivity index (χ0v) is 19.4. The molecule has 2 aromatic heterocycles. The van der Waals surface area contributed by atoms with Gasteiger partial charge in [-0.05, 0) is 38.8 Å². The number of piperidine rings is 1.